The van der Waals surface area contributed by atoms with Crippen molar-refractivity contribution in [3.63, 3.8) is 0 Å². The Bertz CT molecular complexity index is 1430. The van der Waals surface area contributed by atoms with E-state index in [1.165, 1.54) is 11.8 Å². The lowest BCUT2D eigenvalue weighted by Crippen LogP contribution is -2.23. The number of aromatic amines is 1. The molecule has 160 valence electrons. The number of imide groups is 1. The quantitative estimate of drug-likeness (QED) is 0.157. The van der Waals surface area contributed by atoms with Crippen molar-refractivity contribution in [2.45, 2.75) is 12.8 Å². The van der Waals surface area contributed by atoms with Gasteiger partial charge in [0.25, 0.3) is 11.8 Å². The molecule has 0 bridgehead atoms. The summed E-state index contributed by atoms with van der Waals surface area (Å²) in [4.78, 5) is 29.0. The Kier molecular flexibility index (Phi) is 5.07. The van der Waals surface area contributed by atoms with Gasteiger partial charge >= 0.3 is 0 Å². The van der Waals surface area contributed by atoms with Crippen molar-refractivity contribution in [3.05, 3.63) is 72.1 Å². The Morgan fingerprint density at radius 2 is 1.78 bits per heavy atom. The normalized spacial score (nSPS) is 14.0. The van der Waals surface area contributed by atoms with E-state index in [1.807, 2.05) is 59.3 Å². The van der Waals surface area contributed by atoms with E-state index in [9.17, 15) is 9.59 Å². The summed E-state index contributed by atoms with van der Waals surface area (Å²) in [5, 5.41) is 11.9. The molecule has 7 nitrogen and oxygen atoms in total. The lowest BCUT2D eigenvalue weighted by molar-refractivity contribution is -0.122. The smallest absolute Gasteiger partial charge is 0.275 e. The molecule has 0 atom stereocenters. The Morgan fingerprint density at radius 3 is 2.59 bits per heavy atom. The fourth-order valence-electron chi connectivity index (χ4n) is 4.28. The molecule has 2 aromatic heterocycles. The molecular formula is C24H21N5O2S. The minimum absolute atomic E-state index is 0.113. The Balaban J connectivity index is 1.65. The van der Waals surface area contributed by atoms with Gasteiger partial charge in [0.1, 0.15) is 5.70 Å². The third-order valence-corrected chi connectivity index (χ3v) is 6.45. The first kappa shape index (κ1) is 20.1. The molecule has 2 aromatic carbocycles. The van der Waals surface area contributed by atoms with Gasteiger partial charge in [-0.05, 0) is 30.5 Å². The summed E-state index contributed by atoms with van der Waals surface area (Å²) in [7, 11) is 0. The zero-order valence-corrected chi connectivity index (χ0v) is 18.0. The zero-order valence-electron chi connectivity index (χ0n) is 17.1. The third kappa shape index (κ3) is 3.38. The predicted octanol–water partition coefficient (Wildman–Crippen LogP) is 3.71. The summed E-state index contributed by atoms with van der Waals surface area (Å²) in [6.45, 7) is 0. The van der Waals surface area contributed by atoms with Crippen molar-refractivity contribution in [2.24, 2.45) is 5.73 Å². The first-order chi connectivity index (χ1) is 15.5. The molecule has 5 rings (SSSR count). The van der Waals surface area contributed by atoms with Crippen LogP contribution in [-0.4, -0.2) is 32.3 Å². The molecule has 1 aliphatic rings. The highest BCUT2D eigenvalue weighted by Crippen LogP contribution is 2.35. The molecule has 1 aliphatic heterocycles. The second-order valence-electron chi connectivity index (χ2n) is 7.61. The Morgan fingerprint density at radius 1 is 1.03 bits per heavy atom. The maximum atomic E-state index is 13.0. The standard InChI is InChI=1S/C24H21N5O2S/c25-24(26)32-11-5-6-14-13-29(19-10-4-2-7-15(14)19)21-20(22(30)28-23(21)31)17-12-27-18-9-3-1-8-16(17)18/h1-4,7-10,12-13,27H,5-6,11H2,(H3,25,26)(H,28,30,31). The van der Waals surface area contributed by atoms with Gasteiger partial charge in [0.2, 0.25) is 0 Å². The highest BCUT2D eigenvalue weighted by Gasteiger charge is 2.34. The molecule has 4 aromatic rings. The van der Waals surface area contributed by atoms with Crippen LogP contribution in [0.4, 0.5) is 0 Å². The number of thioether (sulfide) groups is 1. The fourth-order valence-corrected chi connectivity index (χ4v) is 4.79. The average molecular weight is 444 g/mol. The number of benzene rings is 2. The molecule has 0 aliphatic carbocycles. The average Bonchev–Trinajstić information content (AvgIpc) is 3.44. The number of aromatic nitrogens is 2. The van der Waals surface area contributed by atoms with Crippen LogP contribution in [0.1, 0.15) is 17.5 Å². The van der Waals surface area contributed by atoms with Crippen LogP contribution in [0.2, 0.25) is 0 Å². The van der Waals surface area contributed by atoms with Crippen LogP contribution in [0.5, 0.6) is 0 Å². The van der Waals surface area contributed by atoms with Gasteiger partial charge in [-0.2, -0.15) is 0 Å². The number of aryl methyl sites for hydroxylation is 1. The van der Waals surface area contributed by atoms with Crippen molar-refractivity contribution in [1.82, 2.24) is 14.9 Å². The Labute approximate surface area is 188 Å². The first-order valence-electron chi connectivity index (χ1n) is 10.3. The number of nitrogens with two attached hydrogens (primary N) is 1. The number of carbonyl (C=O) groups excluding carboxylic acids is 2. The SMILES string of the molecule is N=C(N)SCCCc1cn(C2=C(c3c[nH]c4ccccc34)C(=O)NC2=O)c2ccccc12. The van der Waals surface area contributed by atoms with Crippen molar-refractivity contribution >= 4 is 61.8 Å². The van der Waals surface area contributed by atoms with Crippen LogP contribution in [-0.2, 0) is 16.0 Å². The van der Waals surface area contributed by atoms with E-state index in [-0.39, 0.29) is 5.17 Å². The molecule has 2 amide bonds. The van der Waals surface area contributed by atoms with Crippen LogP contribution in [0.3, 0.4) is 0 Å². The van der Waals surface area contributed by atoms with Crippen LogP contribution in [0, 0.1) is 5.41 Å². The van der Waals surface area contributed by atoms with Crippen molar-refractivity contribution < 1.29 is 9.59 Å². The van der Waals surface area contributed by atoms with Crippen LogP contribution >= 0.6 is 11.8 Å². The van der Waals surface area contributed by atoms with Gasteiger partial charge in [-0.15, -0.1) is 0 Å². The molecule has 32 heavy (non-hydrogen) atoms. The number of carbonyl (C=O) groups is 2. The molecule has 0 saturated heterocycles. The number of hydrogen-bond acceptors (Lipinski definition) is 4. The topological polar surface area (TPSA) is 117 Å². The van der Waals surface area contributed by atoms with Crippen LogP contribution in [0.15, 0.2) is 60.9 Å². The number of H-pyrrole nitrogens is 1. The maximum Gasteiger partial charge on any atom is 0.275 e. The zero-order chi connectivity index (χ0) is 22.2. The summed E-state index contributed by atoms with van der Waals surface area (Å²) in [5.74, 6) is -0.0569. The number of nitrogens with one attached hydrogen (secondary N) is 3. The monoisotopic (exact) mass is 443 g/mol. The molecule has 0 saturated carbocycles. The van der Waals surface area contributed by atoms with Gasteiger partial charge in [-0.3, -0.25) is 20.3 Å². The van der Waals surface area contributed by atoms with Gasteiger partial charge in [0, 0.05) is 40.0 Å². The fraction of sp³-hybridized carbons (Fsp3) is 0.125. The van der Waals surface area contributed by atoms with E-state index in [0.717, 1.165) is 46.0 Å². The van der Waals surface area contributed by atoms with Crippen molar-refractivity contribution in [1.29, 1.82) is 5.41 Å². The number of nitrogens with zero attached hydrogens (tertiary/aromatic N) is 1. The lowest BCUT2D eigenvalue weighted by Gasteiger charge is -2.07. The number of fused-ring (bicyclic) bond motifs is 2. The second kappa shape index (κ2) is 8.05. The van der Waals surface area contributed by atoms with Gasteiger partial charge in [-0.25, -0.2) is 0 Å². The number of rotatable bonds is 6. The van der Waals surface area contributed by atoms with E-state index >= 15 is 0 Å². The van der Waals surface area contributed by atoms with Gasteiger partial charge in [0.05, 0.1) is 11.1 Å². The molecule has 0 unspecified atom stereocenters. The highest BCUT2D eigenvalue weighted by molar-refractivity contribution is 8.13. The van der Waals surface area contributed by atoms with Gasteiger partial charge in [-0.1, -0.05) is 48.2 Å². The summed E-state index contributed by atoms with van der Waals surface area (Å²) >= 11 is 1.32. The van der Waals surface area contributed by atoms with Crippen LogP contribution < -0.4 is 11.1 Å². The van der Waals surface area contributed by atoms with Gasteiger partial charge < -0.3 is 15.3 Å². The molecule has 0 fully saturated rings. The third-order valence-electron chi connectivity index (χ3n) is 5.65. The summed E-state index contributed by atoms with van der Waals surface area (Å²) in [6, 6.07) is 15.6. The molecule has 8 heteroatoms. The predicted molar refractivity (Wildman–Crippen MR) is 129 cm³/mol. The number of hydrogen-bond donors (Lipinski definition) is 4. The van der Waals surface area contributed by atoms with Crippen LogP contribution in [0.25, 0.3) is 33.1 Å². The molecular weight excluding hydrogens is 422 g/mol. The first-order valence-corrected chi connectivity index (χ1v) is 11.3. The molecule has 3 heterocycles. The molecule has 0 radical (unpaired) electrons. The number of amidine groups is 1. The van der Waals surface area contributed by atoms with E-state index in [4.69, 9.17) is 11.1 Å². The van der Waals surface area contributed by atoms with Crippen molar-refractivity contribution in [3.8, 4) is 0 Å². The highest BCUT2D eigenvalue weighted by atomic mass is 32.2. The van der Waals surface area contributed by atoms with E-state index < -0.39 is 11.8 Å². The minimum Gasteiger partial charge on any atom is -0.379 e. The van der Waals surface area contributed by atoms with E-state index in [2.05, 4.69) is 10.3 Å². The lowest BCUT2D eigenvalue weighted by atomic mass is 10.0. The summed E-state index contributed by atoms with van der Waals surface area (Å²) < 4.78 is 1.83. The second-order valence-corrected chi connectivity index (χ2v) is 8.75. The number of para-hydroxylation sites is 2. The largest absolute Gasteiger partial charge is 0.379 e. The van der Waals surface area contributed by atoms with Crippen molar-refractivity contribution in [2.75, 3.05) is 5.75 Å². The van der Waals surface area contributed by atoms with E-state index in [0.29, 0.717) is 16.8 Å². The Hall–Kier alpha value is -3.78. The molecule has 5 N–H and O–H groups in total. The minimum atomic E-state index is -0.408. The van der Waals surface area contributed by atoms with Gasteiger partial charge in [0.15, 0.2) is 5.17 Å². The maximum absolute atomic E-state index is 13.0. The summed E-state index contributed by atoms with van der Waals surface area (Å²) in [6.07, 6.45) is 5.35. The van der Waals surface area contributed by atoms with E-state index in [1.54, 1.807) is 6.20 Å². The molecule has 0 spiro atoms. The number of amides is 2. The summed E-state index contributed by atoms with van der Waals surface area (Å²) in [5.41, 5.74) is 9.71.